The number of carbonyl (C=O) groups is 1. The Bertz CT molecular complexity index is 316. The van der Waals surface area contributed by atoms with Crippen LogP contribution < -0.4 is 0 Å². The molecular formula is C22H42O3. The minimum absolute atomic E-state index is 0.0163. The number of esters is 1. The van der Waals surface area contributed by atoms with E-state index in [2.05, 4.69) is 13.8 Å². The van der Waals surface area contributed by atoms with Crippen molar-refractivity contribution >= 4 is 5.97 Å². The zero-order valence-corrected chi connectivity index (χ0v) is 16.9. The van der Waals surface area contributed by atoms with Gasteiger partial charge in [0.1, 0.15) is 0 Å². The van der Waals surface area contributed by atoms with Gasteiger partial charge in [-0.05, 0) is 25.7 Å². The largest absolute Gasteiger partial charge is 0.466 e. The summed E-state index contributed by atoms with van der Waals surface area (Å²) < 4.78 is 11.0. The lowest BCUT2D eigenvalue weighted by Crippen LogP contribution is -2.05. The van der Waals surface area contributed by atoms with Crippen LogP contribution in [-0.2, 0) is 14.3 Å². The minimum Gasteiger partial charge on any atom is -0.466 e. The van der Waals surface area contributed by atoms with Crippen LogP contribution in [0.1, 0.15) is 117 Å². The summed E-state index contributed by atoms with van der Waals surface area (Å²) in [5, 5.41) is 0. The number of hydrogen-bond donors (Lipinski definition) is 0. The Morgan fingerprint density at radius 1 is 0.720 bits per heavy atom. The van der Waals surface area contributed by atoms with Crippen molar-refractivity contribution < 1.29 is 14.3 Å². The van der Waals surface area contributed by atoms with Gasteiger partial charge < -0.3 is 9.47 Å². The Labute approximate surface area is 156 Å². The third kappa shape index (κ3) is 13.3. The molecule has 1 heterocycles. The number of hydrogen-bond acceptors (Lipinski definition) is 3. The summed E-state index contributed by atoms with van der Waals surface area (Å²) in [6.45, 7) is 4.97. The lowest BCUT2D eigenvalue weighted by molar-refractivity contribution is -0.143. The van der Waals surface area contributed by atoms with Gasteiger partial charge in [0.25, 0.3) is 0 Å². The standard InChI is InChI=1S/C22H42O3/c1-3-5-7-8-10-13-16-20-21(25-20)17-14-11-9-12-15-18-22(23)24-19-6-4-2/h20-21H,3-19H2,1-2H3. The SMILES string of the molecule is CCCCCCCCC1OC1CCCCCCCC(=O)OCCCC. The molecule has 3 heteroatoms. The fraction of sp³-hybridized carbons (Fsp3) is 0.955. The van der Waals surface area contributed by atoms with Crippen molar-refractivity contribution in [1.82, 2.24) is 0 Å². The molecule has 1 saturated heterocycles. The van der Waals surface area contributed by atoms with Gasteiger partial charge in [-0.2, -0.15) is 0 Å². The molecular weight excluding hydrogens is 312 g/mol. The molecule has 3 nitrogen and oxygen atoms in total. The van der Waals surface area contributed by atoms with Gasteiger partial charge in [-0.25, -0.2) is 0 Å². The van der Waals surface area contributed by atoms with Crippen molar-refractivity contribution in [3.05, 3.63) is 0 Å². The monoisotopic (exact) mass is 354 g/mol. The average Bonchev–Trinajstić information content (AvgIpc) is 3.35. The molecule has 0 amide bonds. The van der Waals surface area contributed by atoms with Crippen LogP contribution in [0.5, 0.6) is 0 Å². The van der Waals surface area contributed by atoms with E-state index in [1.165, 1.54) is 70.6 Å². The van der Waals surface area contributed by atoms with Gasteiger partial charge in [0, 0.05) is 6.42 Å². The smallest absolute Gasteiger partial charge is 0.305 e. The van der Waals surface area contributed by atoms with Crippen molar-refractivity contribution in [2.24, 2.45) is 0 Å². The predicted molar refractivity (Wildman–Crippen MR) is 105 cm³/mol. The molecule has 0 aromatic rings. The zero-order valence-electron chi connectivity index (χ0n) is 16.9. The van der Waals surface area contributed by atoms with E-state index in [0.29, 0.717) is 25.2 Å². The molecule has 1 fully saturated rings. The van der Waals surface area contributed by atoms with Gasteiger partial charge >= 0.3 is 5.97 Å². The molecule has 0 aromatic carbocycles. The molecule has 0 spiro atoms. The van der Waals surface area contributed by atoms with Crippen LogP contribution >= 0.6 is 0 Å². The van der Waals surface area contributed by atoms with Crippen LogP contribution in [0.15, 0.2) is 0 Å². The number of rotatable bonds is 18. The van der Waals surface area contributed by atoms with Crippen molar-refractivity contribution in [2.45, 2.75) is 129 Å². The predicted octanol–water partition coefficient (Wildman–Crippen LogP) is 6.58. The molecule has 2 atom stereocenters. The van der Waals surface area contributed by atoms with Crippen LogP contribution in [-0.4, -0.2) is 24.8 Å². The van der Waals surface area contributed by atoms with Crippen LogP contribution in [0, 0.1) is 0 Å². The topological polar surface area (TPSA) is 38.8 Å². The Balaban J connectivity index is 1.77. The maximum atomic E-state index is 11.5. The Hall–Kier alpha value is -0.570. The minimum atomic E-state index is -0.0163. The van der Waals surface area contributed by atoms with Gasteiger partial charge in [-0.15, -0.1) is 0 Å². The average molecular weight is 355 g/mol. The first-order chi connectivity index (χ1) is 12.3. The fourth-order valence-corrected chi connectivity index (χ4v) is 3.36. The summed E-state index contributed by atoms with van der Waals surface area (Å²) in [6.07, 6.45) is 20.5. The summed E-state index contributed by atoms with van der Waals surface area (Å²) in [5.41, 5.74) is 0. The quantitative estimate of drug-likeness (QED) is 0.158. The maximum Gasteiger partial charge on any atom is 0.305 e. The third-order valence-corrected chi connectivity index (χ3v) is 5.16. The van der Waals surface area contributed by atoms with E-state index in [0.717, 1.165) is 25.7 Å². The Morgan fingerprint density at radius 2 is 1.24 bits per heavy atom. The van der Waals surface area contributed by atoms with Gasteiger partial charge in [0.15, 0.2) is 0 Å². The number of carbonyl (C=O) groups excluding carboxylic acids is 1. The molecule has 1 aliphatic heterocycles. The third-order valence-electron chi connectivity index (χ3n) is 5.16. The van der Waals surface area contributed by atoms with Gasteiger partial charge in [0.2, 0.25) is 0 Å². The van der Waals surface area contributed by atoms with Crippen LogP contribution in [0.3, 0.4) is 0 Å². The molecule has 0 bridgehead atoms. The zero-order chi connectivity index (χ0) is 18.2. The van der Waals surface area contributed by atoms with Crippen LogP contribution in [0.4, 0.5) is 0 Å². The maximum absolute atomic E-state index is 11.5. The van der Waals surface area contributed by atoms with Crippen molar-refractivity contribution in [1.29, 1.82) is 0 Å². The van der Waals surface area contributed by atoms with E-state index in [4.69, 9.17) is 9.47 Å². The first-order valence-electron chi connectivity index (χ1n) is 11.1. The second kappa shape index (κ2) is 15.7. The van der Waals surface area contributed by atoms with E-state index in [-0.39, 0.29) is 5.97 Å². The molecule has 25 heavy (non-hydrogen) atoms. The first kappa shape index (κ1) is 22.5. The summed E-state index contributed by atoms with van der Waals surface area (Å²) in [7, 11) is 0. The number of epoxide rings is 1. The van der Waals surface area contributed by atoms with Gasteiger partial charge in [-0.3, -0.25) is 4.79 Å². The summed E-state index contributed by atoms with van der Waals surface area (Å²) in [4.78, 5) is 11.5. The molecule has 0 aromatic heterocycles. The highest BCUT2D eigenvalue weighted by atomic mass is 16.6. The lowest BCUT2D eigenvalue weighted by Gasteiger charge is -2.04. The fourth-order valence-electron chi connectivity index (χ4n) is 3.36. The number of unbranched alkanes of at least 4 members (excludes halogenated alkanes) is 10. The Morgan fingerprint density at radius 3 is 1.84 bits per heavy atom. The summed E-state index contributed by atoms with van der Waals surface area (Å²) in [5.74, 6) is -0.0163. The number of ether oxygens (including phenoxy) is 2. The highest BCUT2D eigenvalue weighted by Gasteiger charge is 2.36. The van der Waals surface area contributed by atoms with E-state index in [1.807, 2.05) is 0 Å². The summed E-state index contributed by atoms with van der Waals surface area (Å²) >= 11 is 0. The normalized spacial score (nSPS) is 19.1. The highest BCUT2D eigenvalue weighted by Crippen LogP contribution is 2.31. The van der Waals surface area contributed by atoms with E-state index in [9.17, 15) is 4.79 Å². The molecule has 0 N–H and O–H groups in total. The molecule has 2 unspecified atom stereocenters. The first-order valence-corrected chi connectivity index (χ1v) is 11.1. The molecule has 0 saturated carbocycles. The lowest BCUT2D eigenvalue weighted by atomic mass is 10.0. The van der Waals surface area contributed by atoms with Gasteiger partial charge in [0.05, 0.1) is 18.8 Å². The van der Waals surface area contributed by atoms with Crippen LogP contribution in [0.2, 0.25) is 0 Å². The molecule has 148 valence electrons. The molecule has 0 aliphatic carbocycles. The molecule has 1 aliphatic rings. The molecule has 0 radical (unpaired) electrons. The second-order valence-electron chi connectivity index (χ2n) is 7.65. The summed E-state index contributed by atoms with van der Waals surface area (Å²) in [6, 6.07) is 0. The molecule has 1 rings (SSSR count). The van der Waals surface area contributed by atoms with Crippen molar-refractivity contribution in [3.8, 4) is 0 Å². The second-order valence-corrected chi connectivity index (χ2v) is 7.65. The van der Waals surface area contributed by atoms with Crippen molar-refractivity contribution in [3.63, 3.8) is 0 Å². The highest BCUT2D eigenvalue weighted by molar-refractivity contribution is 5.69. The van der Waals surface area contributed by atoms with E-state index >= 15 is 0 Å². The Kier molecular flexibility index (Phi) is 14.1. The van der Waals surface area contributed by atoms with E-state index in [1.54, 1.807) is 0 Å². The van der Waals surface area contributed by atoms with Crippen LogP contribution in [0.25, 0.3) is 0 Å². The van der Waals surface area contributed by atoms with Crippen molar-refractivity contribution in [2.75, 3.05) is 6.61 Å². The van der Waals surface area contributed by atoms with E-state index < -0.39 is 0 Å². The van der Waals surface area contributed by atoms with Gasteiger partial charge in [-0.1, -0.05) is 84.5 Å².